The molecule has 0 aromatic carbocycles. The minimum Gasteiger partial charge on any atom is -0.397 e. The molecule has 0 saturated carbocycles. The van der Waals surface area contributed by atoms with E-state index in [0.29, 0.717) is 11.4 Å². The van der Waals surface area contributed by atoms with Gasteiger partial charge in [0.05, 0.1) is 17.6 Å². The average molecular weight is 126 g/mol. The number of anilines is 1. The molecule has 0 amide bonds. The molecule has 0 bridgehead atoms. The van der Waals surface area contributed by atoms with Gasteiger partial charge < -0.3 is 5.73 Å². The van der Waals surface area contributed by atoms with Gasteiger partial charge in [0.15, 0.2) is 0 Å². The van der Waals surface area contributed by atoms with Crippen LogP contribution in [-0.2, 0) is 6.67 Å². The minimum atomic E-state index is -0.527. The van der Waals surface area contributed by atoms with E-state index in [4.69, 9.17) is 5.73 Å². The summed E-state index contributed by atoms with van der Waals surface area (Å²) >= 11 is 0. The number of nitrogens with zero attached hydrogens (tertiary/aromatic N) is 1. The molecule has 1 aromatic rings. The van der Waals surface area contributed by atoms with Crippen molar-refractivity contribution >= 4 is 5.69 Å². The van der Waals surface area contributed by atoms with Crippen LogP contribution in [0.2, 0.25) is 0 Å². The van der Waals surface area contributed by atoms with Crippen LogP contribution >= 0.6 is 0 Å². The number of alkyl halides is 1. The molecule has 0 atom stereocenters. The van der Waals surface area contributed by atoms with Crippen LogP contribution in [-0.4, -0.2) is 4.98 Å². The van der Waals surface area contributed by atoms with Gasteiger partial charge in [-0.05, 0) is 12.1 Å². The van der Waals surface area contributed by atoms with Gasteiger partial charge in [-0.25, -0.2) is 4.39 Å². The predicted octanol–water partition coefficient (Wildman–Crippen LogP) is 1.13. The second kappa shape index (κ2) is 2.44. The highest BCUT2D eigenvalue weighted by Gasteiger charge is 1.89. The minimum absolute atomic E-state index is 0.421. The summed E-state index contributed by atoms with van der Waals surface area (Å²) in [6.07, 6.45) is 1.44. The summed E-state index contributed by atoms with van der Waals surface area (Å²) in [4.78, 5) is 3.70. The molecular weight excluding hydrogens is 119 g/mol. The van der Waals surface area contributed by atoms with Crippen molar-refractivity contribution in [2.75, 3.05) is 5.73 Å². The van der Waals surface area contributed by atoms with Crippen molar-refractivity contribution in [2.24, 2.45) is 0 Å². The molecule has 48 valence electrons. The summed E-state index contributed by atoms with van der Waals surface area (Å²) in [7, 11) is 0. The predicted molar refractivity (Wildman–Crippen MR) is 33.5 cm³/mol. The molecule has 2 nitrogen and oxygen atoms in total. The smallest absolute Gasteiger partial charge is 0.131 e. The van der Waals surface area contributed by atoms with Gasteiger partial charge in [-0.1, -0.05) is 0 Å². The molecule has 0 aliphatic heterocycles. The number of aromatic nitrogens is 1. The van der Waals surface area contributed by atoms with Crippen molar-refractivity contribution in [1.82, 2.24) is 4.98 Å². The van der Waals surface area contributed by atoms with Gasteiger partial charge in [0, 0.05) is 0 Å². The van der Waals surface area contributed by atoms with Gasteiger partial charge in [-0.2, -0.15) is 0 Å². The van der Waals surface area contributed by atoms with E-state index in [1.54, 1.807) is 12.1 Å². The maximum Gasteiger partial charge on any atom is 0.131 e. The van der Waals surface area contributed by atoms with Crippen LogP contribution < -0.4 is 5.73 Å². The van der Waals surface area contributed by atoms with Crippen molar-refractivity contribution in [3.8, 4) is 0 Å². The summed E-state index contributed by atoms with van der Waals surface area (Å²) in [5.41, 5.74) is 6.28. The molecule has 2 N–H and O–H groups in total. The Labute approximate surface area is 52.5 Å². The zero-order valence-electron chi connectivity index (χ0n) is 4.84. The third-order valence-electron chi connectivity index (χ3n) is 0.985. The standard InChI is InChI=1S/C6H7FN2/c7-3-6-2-1-5(8)4-9-6/h1-2,4H,3,8H2. The summed E-state index contributed by atoms with van der Waals surface area (Å²) < 4.78 is 11.8. The monoisotopic (exact) mass is 126 g/mol. The number of nitrogen functional groups attached to an aromatic ring is 1. The van der Waals surface area contributed by atoms with Gasteiger partial charge in [0.1, 0.15) is 6.67 Å². The summed E-state index contributed by atoms with van der Waals surface area (Å²) in [5.74, 6) is 0. The lowest BCUT2D eigenvalue weighted by Gasteiger charge is -1.92. The van der Waals surface area contributed by atoms with Crippen LogP contribution in [0.25, 0.3) is 0 Å². The number of rotatable bonds is 1. The van der Waals surface area contributed by atoms with Crippen molar-refractivity contribution in [3.63, 3.8) is 0 Å². The maximum atomic E-state index is 11.8. The van der Waals surface area contributed by atoms with E-state index in [-0.39, 0.29) is 0 Å². The lowest BCUT2D eigenvalue weighted by molar-refractivity contribution is 0.476. The first-order chi connectivity index (χ1) is 4.33. The van der Waals surface area contributed by atoms with E-state index in [2.05, 4.69) is 4.98 Å². The maximum absolute atomic E-state index is 11.8. The molecule has 0 unspecified atom stereocenters. The molecule has 0 fully saturated rings. The fourth-order valence-corrected chi connectivity index (χ4v) is 0.515. The van der Waals surface area contributed by atoms with Crippen LogP contribution in [0.3, 0.4) is 0 Å². The molecule has 1 rings (SSSR count). The van der Waals surface area contributed by atoms with Gasteiger partial charge >= 0.3 is 0 Å². The van der Waals surface area contributed by atoms with Gasteiger partial charge in [0.2, 0.25) is 0 Å². The Hall–Kier alpha value is -1.12. The topological polar surface area (TPSA) is 38.9 Å². The van der Waals surface area contributed by atoms with Crippen molar-refractivity contribution in [1.29, 1.82) is 0 Å². The Morgan fingerprint density at radius 3 is 2.78 bits per heavy atom. The number of halogens is 1. The normalized spacial score (nSPS) is 9.44. The summed E-state index contributed by atoms with van der Waals surface area (Å²) in [5, 5.41) is 0. The van der Waals surface area contributed by atoms with Gasteiger partial charge in [-0.15, -0.1) is 0 Å². The molecule has 0 aliphatic rings. The molecule has 0 aliphatic carbocycles. The van der Waals surface area contributed by atoms with E-state index in [1.807, 2.05) is 0 Å². The highest BCUT2D eigenvalue weighted by Crippen LogP contribution is 2.01. The Bertz CT molecular complexity index is 183. The molecule has 0 spiro atoms. The van der Waals surface area contributed by atoms with Crippen molar-refractivity contribution in [3.05, 3.63) is 24.0 Å². The second-order valence-corrected chi connectivity index (χ2v) is 1.72. The largest absolute Gasteiger partial charge is 0.397 e. The first-order valence-corrected chi connectivity index (χ1v) is 2.59. The number of hydrogen-bond donors (Lipinski definition) is 1. The lowest BCUT2D eigenvalue weighted by atomic mass is 10.3. The third-order valence-corrected chi connectivity index (χ3v) is 0.985. The first-order valence-electron chi connectivity index (χ1n) is 2.59. The molecule has 0 saturated heterocycles. The second-order valence-electron chi connectivity index (χ2n) is 1.72. The lowest BCUT2D eigenvalue weighted by Crippen LogP contribution is -1.88. The summed E-state index contributed by atoms with van der Waals surface area (Å²) in [6.45, 7) is -0.527. The zero-order valence-corrected chi connectivity index (χ0v) is 4.84. The van der Waals surface area contributed by atoms with Crippen LogP contribution in [0.15, 0.2) is 18.3 Å². The molecule has 9 heavy (non-hydrogen) atoms. The Morgan fingerprint density at radius 1 is 1.56 bits per heavy atom. The highest BCUT2D eigenvalue weighted by molar-refractivity contribution is 5.34. The van der Waals surface area contributed by atoms with Crippen molar-refractivity contribution < 1.29 is 4.39 Å². The number of hydrogen-bond acceptors (Lipinski definition) is 2. The Balaban J connectivity index is 2.88. The van der Waals surface area contributed by atoms with Crippen LogP contribution in [0, 0.1) is 0 Å². The van der Waals surface area contributed by atoms with Crippen LogP contribution in [0.5, 0.6) is 0 Å². The number of nitrogens with two attached hydrogens (primary N) is 1. The zero-order chi connectivity index (χ0) is 6.69. The van der Waals surface area contributed by atoms with E-state index in [9.17, 15) is 4.39 Å². The average Bonchev–Trinajstić information content (AvgIpc) is 1.90. The van der Waals surface area contributed by atoms with E-state index in [0.717, 1.165) is 0 Å². The summed E-state index contributed by atoms with van der Waals surface area (Å²) in [6, 6.07) is 3.19. The molecule has 3 heteroatoms. The van der Waals surface area contributed by atoms with E-state index in [1.165, 1.54) is 6.20 Å². The molecule has 1 heterocycles. The van der Waals surface area contributed by atoms with E-state index >= 15 is 0 Å². The number of pyridine rings is 1. The highest BCUT2D eigenvalue weighted by atomic mass is 19.1. The third kappa shape index (κ3) is 1.38. The van der Waals surface area contributed by atoms with Gasteiger partial charge in [-0.3, -0.25) is 4.98 Å². The molecule has 1 aromatic heterocycles. The van der Waals surface area contributed by atoms with Crippen LogP contribution in [0.4, 0.5) is 10.1 Å². The van der Waals surface area contributed by atoms with E-state index < -0.39 is 6.67 Å². The van der Waals surface area contributed by atoms with Crippen LogP contribution in [0.1, 0.15) is 5.69 Å². The SMILES string of the molecule is Nc1ccc(CF)nc1. The Kier molecular flexibility index (Phi) is 1.63. The quantitative estimate of drug-likeness (QED) is 0.612. The molecule has 0 radical (unpaired) electrons. The fraction of sp³-hybridized carbons (Fsp3) is 0.167. The Morgan fingerprint density at radius 2 is 2.33 bits per heavy atom. The molecular formula is C6H7FN2. The van der Waals surface area contributed by atoms with Gasteiger partial charge in [0.25, 0.3) is 0 Å². The fourth-order valence-electron chi connectivity index (χ4n) is 0.515. The first kappa shape index (κ1) is 6.01. The van der Waals surface area contributed by atoms with Crippen molar-refractivity contribution in [2.45, 2.75) is 6.67 Å².